The minimum absolute atomic E-state index is 0. The summed E-state index contributed by atoms with van der Waals surface area (Å²) >= 11 is 0. The second-order valence-corrected chi connectivity index (χ2v) is 7.13. The molecule has 2 aliphatic rings. The highest BCUT2D eigenvalue weighted by molar-refractivity contribution is 6.10. The maximum absolute atomic E-state index is 12.6. The molecule has 2 heterocycles. The number of nitrogens with one attached hydrogen (secondary N) is 1. The Bertz CT molecular complexity index is 711. The van der Waals surface area contributed by atoms with Crippen LogP contribution < -0.4 is 16.0 Å². The molecule has 1 aromatic rings. The maximum atomic E-state index is 12.6. The highest BCUT2D eigenvalue weighted by Crippen LogP contribution is 2.31. The number of nitrogens with two attached hydrogens (primary N) is 1. The Hall–Kier alpha value is -2.12. The second kappa shape index (κ2) is 8.05. The first-order valence-corrected chi connectivity index (χ1v) is 8.59. The van der Waals surface area contributed by atoms with Gasteiger partial charge in [-0.15, -0.1) is 12.4 Å². The normalized spacial score (nSPS) is 21.7. The fraction of sp³-hybridized carbons (Fsp3) is 0.500. The van der Waals surface area contributed by atoms with Crippen molar-refractivity contribution in [2.24, 2.45) is 11.1 Å². The number of anilines is 2. The molecule has 1 aromatic carbocycles. The van der Waals surface area contributed by atoms with Crippen LogP contribution in [0.25, 0.3) is 0 Å². The number of hydrogen-bond donors (Lipinski definition) is 2. The van der Waals surface area contributed by atoms with Gasteiger partial charge in [0.2, 0.25) is 17.7 Å². The second-order valence-electron chi connectivity index (χ2n) is 7.13. The summed E-state index contributed by atoms with van der Waals surface area (Å²) in [4.78, 5) is 40.0. The Kier molecular flexibility index (Phi) is 6.26. The molecular formula is C18H25ClN4O3. The molecule has 2 aliphatic heterocycles. The molecule has 3 rings (SSSR count). The predicted octanol–water partition coefficient (Wildman–Crippen LogP) is 1.37. The predicted molar refractivity (Wildman–Crippen MR) is 102 cm³/mol. The highest BCUT2D eigenvalue weighted by Gasteiger charge is 2.35. The quantitative estimate of drug-likeness (QED) is 0.824. The van der Waals surface area contributed by atoms with Crippen molar-refractivity contribution in [3.8, 4) is 0 Å². The number of halogens is 1. The van der Waals surface area contributed by atoms with Gasteiger partial charge >= 0.3 is 0 Å². The third-order valence-electron chi connectivity index (χ3n) is 5.03. The van der Waals surface area contributed by atoms with Crippen LogP contribution in [0.15, 0.2) is 24.3 Å². The van der Waals surface area contributed by atoms with Gasteiger partial charge in [-0.05, 0) is 30.5 Å². The fourth-order valence-electron chi connectivity index (χ4n) is 3.37. The smallest absolute Gasteiger partial charge is 0.244 e. The van der Waals surface area contributed by atoms with Crippen LogP contribution in [0, 0.1) is 5.41 Å². The average molecular weight is 381 g/mol. The van der Waals surface area contributed by atoms with E-state index in [1.54, 1.807) is 23.1 Å². The van der Waals surface area contributed by atoms with Crippen LogP contribution in [-0.2, 0) is 14.4 Å². The minimum atomic E-state index is -0.225. The van der Waals surface area contributed by atoms with E-state index in [1.807, 2.05) is 6.07 Å². The summed E-state index contributed by atoms with van der Waals surface area (Å²) in [5.41, 5.74) is 7.05. The number of fused-ring (bicyclic) bond motifs is 1. The van der Waals surface area contributed by atoms with Gasteiger partial charge in [-0.25, -0.2) is 0 Å². The number of para-hydroxylation sites is 2. The maximum Gasteiger partial charge on any atom is 0.244 e. The van der Waals surface area contributed by atoms with Gasteiger partial charge in [0.05, 0.1) is 11.4 Å². The SMILES string of the molecule is CC1(CN)CCN(C(=O)CCC(=O)N2CC(=O)Nc3ccccc32)C1.Cl. The van der Waals surface area contributed by atoms with Gasteiger partial charge in [-0.1, -0.05) is 19.1 Å². The van der Waals surface area contributed by atoms with E-state index in [0.717, 1.165) is 6.42 Å². The molecule has 0 aromatic heterocycles. The summed E-state index contributed by atoms with van der Waals surface area (Å²) in [6, 6.07) is 7.18. The van der Waals surface area contributed by atoms with E-state index in [4.69, 9.17) is 5.73 Å². The minimum Gasteiger partial charge on any atom is -0.342 e. The summed E-state index contributed by atoms with van der Waals surface area (Å²) in [6.45, 7) is 3.95. The van der Waals surface area contributed by atoms with Crippen molar-refractivity contribution >= 4 is 41.5 Å². The lowest BCUT2D eigenvalue weighted by atomic mass is 9.90. The monoisotopic (exact) mass is 380 g/mol. The Balaban J connectivity index is 0.00000243. The molecule has 0 spiro atoms. The number of likely N-dealkylation sites (tertiary alicyclic amines) is 1. The van der Waals surface area contributed by atoms with E-state index < -0.39 is 0 Å². The van der Waals surface area contributed by atoms with Crippen molar-refractivity contribution in [1.29, 1.82) is 0 Å². The summed E-state index contributed by atoms with van der Waals surface area (Å²) in [6.07, 6.45) is 1.14. The van der Waals surface area contributed by atoms with Crippen molar-refractivity contribution in [2.45, 2.75) is 26.2 Å². The van der Waals surface area contributed by atoms with E-state index in [2.05, 4.69) is 12.2 Å². The molecule has 3 N–H and O–H groups in total. The number of benzene rings is 1. The molecular weight excluding hydrogens is 356 g/mol. The van der Waals surface area contributed by atoms with Gasteiger partial charge in [0.1, 0.15) is 6.54 Å². The van der Waals surface area contributed by atoms with Crippen molar-refractivity contribution in [3.05, 3.63) is 24.3 Å². The van der Waals surface area contributed by atoms with Gasteiger partial charge in [-0.3, -0.25) is 14.4 Å². The third-order valence-corrected chi connectivity index (χ3v) is 5.03. The lowest BCUT2D eigenvalue weighted by molar-refractivity contribution is -0.132. The first-order chi connectivity index (χ1) is 11.9. The zero-order valence-corrected chi connectivity index (χ0v) is 15.7. The molecule has 0 saturated carbocycles. The Morgan fingerprint density at radius 3 is 2.62 bits per heavy atom. The molecule has 8 heteroatoms. The van der Waals surface area contributed by atoms with Crippen LogP contribution in [0.2, 0.25) is 0 Å². The number of hydrogen-bond acceptors (Lipinski definition) is 4. The summed E-state index contributed by atoms with van der Waals surface area (Å²) in [7, 11) is 0. The molecule has 0 bridgehead atoms. The van der Waals surface area contributed by atoms with Crippen LogP contribution in [0.5, 0.6) is 0 Å². The molecule has 1 fully saturated rings. The molecule has 7 nitrogen and oxygen atoms in total. The van der Waals surface area contributed by atoms with E-state index >= 15 is 0 Å². The number of nitrogens with zero attached hydrogens (tertiary/aromatic N) is 2. The number of rotatable bonds is 4. The average Bonchev–Trinajstić information content (AvgIpc) is 3.01. The lowest BCUT2D eigenvalue weighted by Crippen LogP contribution is -2.42. The standard InChI is InChI=1S/C18H24N4O3.ClH/c1-18(11-19)8-9-21(12-18)16(24)6-7-17(25)22-10-15(23)20-13-4-2-3-5-14(13)22;/h2-5H,6-12,19H2,1H3,(H,20,23);1H. The Labute approximate surface area is 159 Å². The van der Waals surface area contributed by atoms with Crippen molar-refractivity contribution in [2.75, 3.05) is 36.4 Å². The van der Waals surface area contributed by atoms with Crippen molar-refractivity contribution in [1.82, 2.24) is 4.90 Å². The van der Waals surface area contributed by atoms with Gasteiger partial charge < -0.3 is 20.9 Å². The van der Waals surface area contributed by atoms with Crippen molar-refractivity contribution < 1.29 is 14.4 Å². The zero-order chi connectivity index (χ0) is 18.0. The molecule has 142 valence electrons. The van der Waals surface area contributed by atoms with E-state index in [-0.39, 0.29) is 54.9 Å². The molecule has 0 radical (unpaired) electrons. The van der Waals surface area contributed by atoms with E-state index in [9.17, 15) is 14.4 Å². The Morgan fingerprint density at radius 2 is 1.92 bits per heavy atom. The first-order valence-electron chi connectivity index (χ1n) is 8.59. The zero-order valence-electron chi connectivity index (χ0n) is 14.9. The summed E-state index contributed by atoms with van der Waals surface area (Å²) in [5, 5.41) is 2.75. The van der Waals surface area contributed by atoms with Crippen LogP contribution in [0.3, 0.4) is 0 Å². The van der Waals surface area contributed by atoms with Crippen LogP contribution >= 0.6 is 12.4 Å². The summed E-state index contributed by atoms with van der Waals surface area (Å²) < 4.78 is 0. The molecule has 0 aliphatic carbocycles. The lowest BCUT2D eigenvalue weighted by Gasteiger charge is -2.29. The summed E-state index contributed by atoms with van der Waals surface area (Å²) in [5.74, 6) is -0.465. The Morgan fingerprint density at radius 1 is 1.23 bits per heavy atom. The fourth-order valence-corrected chi connectivity index (χ4v) is 3.37. The van der Waals surface area contributed by atoms with E-state index in [0.29, 0.717) is 31.0 Å². The van der Waals surface area contributed by atoms with Gasteiger partial charge in [-0.2, -0.15) is 0 Å². The van der Waals surface area contributed by atoms with Crippen molar-refractivity contribution in [3.63, 3.8) is 0 Å². The van der Waals surface area contributed by atoms with Crippen LogP contribution in [0.1, 0.15) is 26.2 Å². The van der Waals surface area contributed by atoms with E-state index in [1.165, 1.54) is 4.90 Å². The van der Waals surface area contributed by atoms with Gasteiger partial charge in [0.25, 0.3) is 0 Å². The first kappa shape index (κ1) is 20.2. The van der Waals surface area contributed by atoms with Gasteiger partial charge in [0, 0.05) is 25.9 Å². The number of amides is 3. The largest absolute Gasteiger partial charge is 0.342 e. The third kappa shape index (κ3) is 4.16. The molecule has 3 amide bonds. The molecule has 26 heavy (non-hydrogen) atoms. The van der Waals surface area contributed by atoms with Gasteiger partial charge in [0.15, 0.2) is 0 Å². The topological polar surface area (TPSA) is 95.7 Å². The number of carbonyl (C=O) groups excluding carboxylic acids is 3. The highest BCUT2D eigenvalue weighted by atomic mass is 35.5. The molecule has 1 saturated heterocycles. The molecule has 1 atom stereocenters. The van der Waals surface area contributed by atoms with Crippen LogP contribution in [0.4, 0.5) is 11.4 Å². The van der Waals surface area contributed by atoms with Crippen LogP contribution in [-0.4, -0.2) is 48.8 Å². The number of carbonyl (C=O) groups is 3. The molecule has 1 unspecified atom stereocenters.